The van der Waals surface area contributed by atoms with Gasteiger partial charge in [0.15, 0.2) is 5.13 Å². The van der Waals surface area contributed by atoms with E-state index in [1.807, 2.05) is 0 Å². The van der Waals surface area contributed by atoms with Gasteiger partial charge in [0.05, 0.1) is 0 Å². The summed E-state index contributed by atoms with van der Waals surface area (Å²) in [6, 6.07) is 0. The SMILES string of the molecule is O=C(Nc1nc(C(F)(F)C(=O)O)cs1)C(F)(F)F. The van der Waals surface area contributed by atoms with Crippen LogP contribution in [0.2, 0.25) is 0 Å². The Morgan fingerprint density at radius 3 is 2.28 bits per heavy atom. The molecule has 0 saturated heterocycles. The first-order valence-corrected chi connectivity index (χ1v) is 4.88. The molecule has 0 saturated carbocycles. The minimum Gasteiger partial charge on any atom is -0.476 e. The first-order valence-electron chi connectivity index (χ1n) is 4.00. The number of aromatic nitrogens is 1. The van der Waals surface area contributed by atoms with Crippen molar-refractivity contribution in [1.82, 2.24) is 4.98 Å². The summed E-state index contributed by atoms with van der Waals surface area (Å²) >= 11 is 0.252. The number of thiazole rings is 1. The molecule has 0 radical (unpaired) electrons. The molecule has 2 N–H and O–H groups in total. The molecular formula is C7H3F5N2O3S. The fraction of sp³-hybridized carbons (Fsp3) is 0.286. The summed E-state index contributed by atoms with van der Waals surface area (Å²) in [6.45, 7) is 0. The molecule has 0 unspecified atom stereocenters. The van der Waals surface area contributed by atoms with Crippen LogP contribution < -0.4 is 5.32 Å². The van der Waals surface area contributed by atoms with E-state index in [-0.39, 0.29) is 11.3 Å². The second kappa shape index (κ2) is 4.48. The molecule has 1 heterocycles. The van der Waals surface area contributed by atoms with E-state index in [0.29, 0.717) is 5.38 Å². The molecule has 0 aliphatic rings. The third kappa shape index (κ3) is 2.91. The Bertz CT molecular complexity index is 484. The molecule has 100 valence electrons. The second-order valence-corrected chi connectivity index (χ2v) is 3.73. The number of nitrogens with zero attached hydrogens (tertiary/aromatic N) is 1. The Balaban J connectivity index is 2.89. The molecule has 1 aromatic heterocycles. The molecule has 0 aliphatic heterocycles. The Hall–Kier alpha value is -1.78. The molecule has 18 heavy (non-hydrogen) atoms. The number of carboxylic acids is 1. The van der Waals surface area contributed by atoms with Crippen LogP contribution in [0.15, 0.2) is 5.38 Å². The van der Waals surface area contributed by atoms with Crippen molar-refractivity contribution in [3.8, 4) is 0 Å². The van der Waals surface area contributed by atoms with Crippen LogP contribution in [0.25, 0.3) is 0 Å². The highest BCUT2D eigenvalue weighted by molar-refractivity contribution is 7.14. The van der Waals surface area contributed by atoms with Gasteiger partial charge in [-0.25, -0.2) is 9.78 Å². The van der Waals surface area contributed by atoms with Crippen molar-refractivity contribution in [2.24, 2.45) is 0 Å². The highest BCUT2D eigenvalue weighted by atomic mass is 32.1. The minimum absolute atomic E-state index is 0.252. The van der Waals surface area contributed by atoms with Gasteiger partial charge in [-0.15, -0.1) is 11.3 Å². The van der Waals surface area contributed by atoms with Crippen LogP contribution in [0.4, 0.5) is 27.1 Å². The number of amides is 1. The Labute approximate surface area is 99.2 Å². The Morgan fingerprint density at radius 1 is 1.28 bits per heavy atom. The van der Waals surface area contributed by atoms with Crippen LogP contribution >= 0.6 is 11.3 Å². The third-order valence-electron chi connectivity index (χ3n) is 1.57. The van der Waals surface area contributed by atoms with E-state index in [2.05, 4.69) is 4.98 Å². The molecule has 1 amide bonds. The number of halogens is 5. The lowest BCUT2D eigenvalue weighted by molar-refractivity contribution is -0.167. The summed E-state index contributed by atoms with van der Waals surface area (Å²) in [5, 5.41) is 9.16. The van der Waals surface area contributed by atoms with Gasteiger partial charge in [-0.3, -0.25) is 10.1 Å². The van der Waals surface area contributed by atoms with Crippen molar-refractivity contribution in [3.05, 3.63) is 11.1 Å². The van der Waals surface area contributed by atoms with E-state index in [0.717, 1.165) is 0 Å². The van der Waals surface area contributed by atoms with Crippen molar-refractivity contribution < 1.29 is 36.6 Å². The highest BCUT2D eigenvalue weighted by Crippen LogP contribution is 2.31. The number of aliphatic carboxylic acids is 1. The molecule has 5 nitrogen and oxygen atoms in total. The molecule has 1 aromatic rings. The molecule has 1 rings (SSSR count). The van der Waals surface area contributed by atoms with E-state index in [1.165, 1.54) is 5.32 Å². The highest BCUT2D eigenvalue weighted by Gasteiger charge is 2.44. The van der Waals surface area contributed by atoms with Crippen molar-refractivity contribution in [3.63, 3.8) is 0 Å². The zero-order chi connectivity index (χ0) is 14.1. The van der Waals surface area contributed by atoms with Crippen LogP contribution in [0.1, 0.15) is 5.69 Å². The van der Waals surface area contributed by atoms with Crippen molar-refractivity contribution in [2.45, 2.75) is 12.1 Å². The summed E-state index contributed by atoms with van der Waals surface area (Å²) in [5.74, 6) is -9.22. The lowest BCUT2D eigenvalue weighted by atomic mass is 10.3. The minimum atomic E-state index is -5.19. The summed E-state index contributed by atoms with van der Waals surface area (Å²) in [5.41, 5.74) is -1.25. The second-order valence-electron chi connectivity index (χ2n) is 2.87. The van der Waals surface area contributed by atoms with Crippen molar-refractivity contribution in [1.29, 1.82) is 0 Å². The fourth-order valence-electron chi connectivity index (χ4n) is 0.753. The van der Waals surface area contributed by atoms with E-state index >= 15 is 0 Å². The van der Waals surface area contributed by atoms with E-state index in [4.69, 9.17) is 5.11 Å². The number of hydrogen-bond donors (Lipinski definition) is 2. The van der Waals surface area contributed by atoms with Crippen LogP contribution in [0.5, 0.6) is 0 Å². The first kappa shape index (κ1) is 14.3. The molecule has 0 atom stereocenters. The summed E-state index contributed by atoms with van der Waals surface area (Å²) < 4.78 is 61.2. The van der Waals surface area contributed by atoms with Gasteiger partial charge >= 0.3 is 24.0 Å². The zero-order valence-corrected chi connectivity index (χ0v) is 8.90. The van der Waals surface area contributed by atoms with Gasteiger partial charge in [-0.1, -0.05) is 0 Å². The molecular weight excluding hydrogens is 287 g/mol. The maximum atomic E-state index is 12.9. The van der Waals surface area contributed by atoms with Crippen LogP contribution in [-0.4, -0.2) is 28.1 Å². The predicted molar refractivity (Wildman–Crippen MR) is 48.3 cm³/mol. The van der Waals surface area contributed by atoms with Gasteiger partial charge in [0.25, 0.3) is 0 Å². The summed E-state index contributed by atoms with van der Waals surface area (Å²) in [7, 11) is 0. The lowest BCUT2D eigenvalue weighted by Gasteiger charge is -2.07. The van der Waals surface area contributed by atoms with Gasteiger partial charge < -0.3 is 5.11 Å². The average molecular weight is 290 g/mol. The van der Waals surface area contributed by atoms with Gasteiger partial charge in [-0.2, -0.15) is 22.0 Å². The maximum absolute atomic E-state index is 12.9. The van der Waals surface area contributed by atoms with Gasteiger partial charge in [0.1, 0.15) is 5.69 Å². The Morgan fingerprint density at radius 2 is 1.83 bits per heavy atom. The smallest absolute Gasteiger partial charge is 0.471 e. The number of carboxylic acid groups (broad SMARTS) is 1. The first-order chi connectivity index (χ1) is 8.05. The van der Waals surface area contributed by atoms with Crippen molar-refractivity contribution >= 4 is 28.3 Å². The van der Waals surface area contributed by atoms with E-state index in [9.17, 15) is 31.5 Å². The topological polar surface area (TPSA) is 79.3 Å². The number of nitrogens with one attached hydrogen (secondary N) is 1. The summed E-state index contributed by atoms with van der Waals surface area (Å²) in [4.78, 5) is 23.5. The van der Waals surface area contributed by atoms with E-state index < -0.39 is 34.8 Å². The molecule has 0 aliphatic carbocycles. The van der Waals surface area contributed by atoms with Crippen molar-refractivity contribution in [2.75, 3.05) is 5.32 Å². The number of carbonyl (C=O) groups is 2. The van der Waals surface area contributed by atoms with Gasteiger partial charge in [0.2, 0.25) is 0 Å². The average Bonchev–Trinajstić information content (AvgIpc) is 2.64. The predicted octanol–water partition coefficient (Wildman–Crippen LogP) is 1.82. The van der Waals surface area contributed by atoms with E-state index in [1.54, 1.807) is 0 Å². The maximum Gasteiger partial charge on any atom is 0.471 e. The lowest BCUT2D eigenvalue weighted by Crippen LogP contribution is -2.30. The zero-order valence-electron chi connectivity index (χ0n) is 8.09. The monoisotopic (exact) mass is 290 g/mol. The quantitative estimate of drug-likeness (QED) is 0.832. The number of alkyl halides is 5. The molecule has 11 heteroatoms. The van der Waals surface area contributed by atoms with Crippen LogP contribution in [0, 0.1) is 0 Å². The van der Waals surface area contributed by atoms with Crippen LogP contribution in [-0.2, 0) is 15.5 Å². The number of hydrogen-bond acceptors (Lipinski definition) is 4. The van der Waals surface area contributed by atoms with Crippen LogP contribution in [0.3, 0.4) is 0 Å². The largest absolute Gasteiger partial charge is 0.476 e. The van der Waals surface area contributed by atoms with Gasteiger partial charge in [-0.05, 0) is 0 Å². The molecule has 0 spiro atoms. The normalized spacial score (nSPS) is 12.3. The molecule has 0 bridgehead atoms. The molecule has 0 aromatic carbocycles. The standard InChI is InChI=1S/C7H3F5N2O3S/c8-6(9,4(16)17)2-1-18-5(13-2)14-3(15)7(10,11)12/h1H,(H,16,17)(H,13,14,15). The Kier molecular flexibility index (Phi) is 3.55. The number of anilines is 1. The number of carbonyl (C=O) groups excluding carboxylic acids is 1. The fourth-order valence-corrected chi connectivity index (χ4v) is 1.48. The molecule has 0 fully saturated rings. The third-order valence-corrected chi connectivity index (χ3v) is 2.33. The summed E-state index contributed by atoms with van der Waals surface area (Å²) in [6.07, 6.45) is -5.19. The number of rotatable bonds is 3. The van der Waals surface area contributed by atoms with Gasteiger partial charge in [0, 0.05) is 5.38 Å².